The summed E-state index contributed by atoms with van der Waals surface area (Å²) in [5, 5.41) is 4.19. The number of carbonyl (C=O) groups excluding carboxylic acids is 1. The van der Waals surface area contributed by atoms with Gasteiger partial charge in [-0.1, -0.05) is 36.4 Å². The molecule has 22 heavy (non-hydrogen) atoms. The van der Waals surface area contributed by atoms with E-state index in [4.69, 9.17) is 0 Å². The highest BCUT2D eigenvalue weighted by atomic mass is 16.1. The fraction of sp³-hybridized carbons (Fsp3) is 0. The largest absolute Gasteiger partial charge is 0.287 e. The first kappa shape index (κ1) is 11.6. The molecule has 0 saturated heterocycles. The van der Waals surface area contributed by atoms with Crippen molar-refractivity contribution in [2.75, 3.05) is 0 Å². The van der Waals surface area contributed by atoms with Gasteiger partial charge in [-0.15, -0.1) is 0 Å². The van der Waals surface area contributed by atoms with Gasteiger partial charge in [-0.2, -0.15) is 0 Å². The molecule has 0 spiro atoms. The lowest BCUT2D eigenvalue weighted by molar-refractivity contribution is 0.104. The molecular weight excluding hydrogens is 272 g/mol. The predicted molar refractivity (Wildman–Crippen MR) is 84.4 cm³/mol. The van der Waals surface area contributed by atoms with Crippen molar-refractivity contribution in [3.05, 3.63) is 80.8 Å². The van der Waals surface area contributed by atoms with Crippen LogP contribution >= 0.6 is 0 Å². The van der Waals surface area contributed by atoms with E-state index < -0.39 is 0 Å². The minimum atomic E-state index is -0.0833. The quantitative estimate of drug-likeness (QED) is 0.492. The Morgan fingerprint density at radius 3 is 2.77 bits per heavy atom. The summed E-state index contributed by atoms with van der Waals surface area (Å²) in [5.74, 6) is -0.0833. The number of hydrogen-bond donors (Lipinski definition) is 0. The van der Waals surface area contributed by atoms with Crippen LogP contribution in [0.4, 0.5) is 0 Å². The summed E-state index contributed by atoms with van der Waals surface area (Å²) in [4.78, 5) is 21.3. The second-order valence-electron chi connectivity index (χ2n) is 5.47. The van der Waals surface area contributed by atoms with Crippen LogP contribution in [-0.4, -0.2) is 15.8 Å². The Morgan fingerprint density at radius 2 is 1.82 bits per heavy atom. The molecule has 1 aromatic heterocycles. The fourth-order valence-corrected chi connectivity index (χ4v) is 3.16. The van der Waals surface area contributed by atoms with Gasteiger partial charge in [-0.25, -0.2) is 9.97 Å². The van der Waals surface area contributed by atoms with E-state index in [0.29, 0.717) is 11.0 Å². The summed E-state index contributed by atoms with van der Waals surface area (Å²) in [6.07, 6.45) is 7.21. The molecular formula is C19H10N2O. The second-order valence-corrected chi connectivity index (χ2v) is 5.47. The van der Waals surface area contributed by atoms with Crippen molar-refractivity contribution < 1.29 is 4.79 Å². The van der Waals surface area contributed by atoms with E-state index in [1.807, 2.05) is 24.3 Å². The third-order valence-electron chi connectivity index (χ3n) is 4.19. The van der Waals surface area contributed by atoms with Crippen molar-refractivity contribution in [2.45, 2.75) is 0 Å². The zero-order chi connectivity index (χ0) is 14.7. The van der Waals surface area contributed by atoms with Crippen molar-refractivity contribution in [1.29, 1.82) is 0 Å². The molecule has 0 saturated carbocycles. The number of aromatic nitrogens is 2. The maximum Gasteiger partial charge on any atom is 0.206 e. The average molecular weight is 282 g/mol. The SMILES string of the molecule is O=C1C=CC=c2nc3ccc4c(c3nc21)C=c1ccccc1=4. The molecule has 0 unspecified atom stereocenters. The van der Waals surface area contributed by atoms with Crippen LogP contribution in [-0.2, 0) is 0 Å². The summed E-state index contributed by atoms with van der Waals surface area (Å²) in [7, 11) is 0. The van der Waals surface area contributed by atoms with E-state index in [-0.39, 0.29) is 5.78 Å². The second kappa shape index (κ2) is 3.98. The van der Waals surface area contributed by atoms with Crippen LogP contribution in [0.3, 0.4) is 0 Å². The van der Waals surface area contributed by atoms with Crippen molar-refractivity contribution in [3.8, 4) is 0 Å². The number of ketones is 1. The molecule has 2 aliphatic carbocycles. The number of fused-ring (bicyclic) bond motifs is 5. The van der Waals surface area contributed by atoms with Crippen LogP contribution < -0.4 is 10.6 Å². The van der Waals surface area contributed by atoms with Crippen molar-refractivity contribution in [2.24, 2.45) is 0 Å². The number of nitrogens with zero attached hydrogens (tertiary/aromatic N) is 2. The minimum absolute atomic E-state index is 0.0833. The molecule has 0 fully saturated rings. The molecule has 0 aliphatic heterocycles. The Kier molecular flexibility index (Phi) is 2.09. The highest BCUT2D eigenvalue weighted by Crippen LogP contribution is 2.20. The molecule has 2 aliphatic rings. The molecule has 5 rings (SSSR count). The molecule has 0 N–H and O–H groups in total. The average Bonchev–Trinajstić information content (AvgIpc) is 2.93. The van der Waals surface area contributed by atoms with Gasteiger partial charge in [0.15, 0.2) is 0 Å². The number of carbonyl (C=O) groups is 1. The summed E-state index contributed by atoms with van der Waals surface area (Å²) in [6.45, 7) is 0. The molecule has 102 valence electrons. The lowest BCUT2D eigenvalue weighted by Crippen LogP contribution is -2.22. The predicted octanol–water partition coefficient (Wildman–Crippen LogP) is 1.59. The van der Waals surface area contributed by atoms with Crippen molar-refractivity contribution >= 4 is 29.0 Å². The van der Waals surface area contributed by atoms with E-state index in [1.165, 1.54) is 16.5 Å². The third-order valence-corrected chi connectivity index (χ3v) is 4.19. The monoisotopic (exact) mass is 282 g/mol. The normalized spacial score (nSPS) is 14.1. The topological polar surface area (TPSA) is 42.9 Å². The van der Waals surface area contributed by atoms with Crippen LogP contribution in [0.1, 0.15) is 16.1 Å². The summed E-state index contributed by atoms with van der Waals surface area (Å²) in [5.41, 5.74) is 3.11. The molecule has 3 aromatic rings. The van der Waals surface area contributed by atoms with Gasteiger partial charge < -0.3 is 0 Å². The van der Waals surface area contributed by atoms with Crippen molar-refractivity contribution in [1.82, 2.24) is 9.97 Å². The first-order chi connectivity index (χ1) is 10.8. The van der Waals surface area contributed by atoms with E-state index in [0.717, 1.165) is 21.8 Å². The number of hydrogen-bond acceptors (Lipinski definition) is 3. The fourth-order valence-electron chi connectivity index (χ4n) is 3.16. The van der Waals surface area contributed by atoms with E-state index in [1.54, 1.807) is 6.08 Å². The number of rotatable bonds is 0. The van der Waals surface area contributed by atoms with Crippen LogP contribution in [0, 0.1) is 10.4 Å². The lowest BCUT2D eigenvalue weighted by atomic mass is 10.1. The zero-order valence-electron chi connectivity index (χ0n) is 11.6. The maximum atomic E-state index is 12.0. The van der Waals surface area contributed by atoms with Crippen molar-refractivity contribution in [3.63, 3.8) is 0 Å². The molecule has 2 aromatic carbocycles. The van der Waals surface area contributed by atoms with Crippen LogP contribution in [0.25, 0.3) is 23.2 Å². The Hall–Kier alpha value is -3.07. The van der Waals surface area contributed by atoms with Gasteiger partial charge in [0.05, 0.1) is 16.4 Å². The van der Waals surface area contributed by atoms with E-state index in [9.17, 15) is 4.79 Å². The Balaban J connectivity index is 2.00. The zero-order valence-corrected chi connectivity index (χ0v) is 11.6. The van der Waals surface area contributed by atoms with Crippen LogP contribution in [0.2, 0.25) is 0 Å². The van der Waals surface area contributed by atoms with Crippen LogP contribution in [0.15, 0.2) is 48.6 Å². The molecule has 0 amide bonds. The third kappa shape index (κ3) is 1.42. The number of allylic oxidation sites excluding steroid dienone is 2. The summed E-state index contributed by atoms with van der Waals surface area (Å²) < 4.78 is 0. The molecule has 0 bridgehead atoms. The van der Waals surface area contributed by atoms with Gasteiger partial charge in [-0.3, -0.25) is 4.79 Å². The molecule has 0 atom stereocenters. The first-order valence-electron chi connectivity index (χ1n) is 7.16. The van der Waals surface area contributed by atoms with Crippen LogP contribution in [0.5, 0.6) is 0 Å². The molecule has 3 heteroatoms. The van der Waals surface area contributed by atoms with Gasteiger partial charge >= 0.3 is 0 Å². The smallest absolute Gasteiger partial charge is 0.206 e. The summed E-state index contributed by atoms with van der Waals surface area (Å²) in [6, 6.07) is 12.3. The summed E-state index contributed by atoms with van der Waals surface area (Å²) >= 11 is 0. The maximum absolute atomic E-state index is 12.0. The lowest BCUT2D eigenvalue weighted by Gasteiger charge is -2.06. The van der Waals surface area contributed by atoms with Gasteiger partial charge in [0.2, 0.25) is 5.78 Å². The first-order valence-corrected chi connectivity index (χ1v) is 7.16. The molecule has 0 radical (unpaired) electrons. The van der Waals surface area contributed by atoms with E-state index >= 15 is 0 Å². The molecule has 1 heterocycles. The molecule has 3 nitrogen and oxygen atoms in total. The van der Waals surface area contributed by atoms with Gasteiger partial charge in [0, 0.05) is 5.56 Å². The highest BCUT2D eigenvalue weighted by molar-refractivity contribution is 6.06. The standard InChI is InChI=1S/C19H10N2O/c22-17-7-3-6-15-19(17)21-18-14-10-11-4-1-2-5-12(11)13(14)8-9-16(18)20-15/h1-10H. The number of benzene rings is 2. The minimum Gasteiger partial charge on any atom is -0.287 e. The van der Waals surface area contributed by atoms with Gasteiger partial charge in [0.1, 0.15) is 5.69 Å². The highest BCUT2D eigenvalue weighted by Gasteiger charge is 2.15. The van der Waals surface area contributed by atoms with E-state index in [2.05, 4.69) is 34.2 Å². The van der Waals surface area contributed by atoms with Gasteiger partial charge in [-0.05, 0) is 40.0 Å². The Bertz CT molecular complexity index is 1240. The Morgan fingerprint density at radius 1 is 0.909 bits per heavy atom. The Labute approximate surface area is 125 Å². The van der Waals surface area contributed by atoms with Gasteiger partial charge in [0.25, 0.3) is 0 Å².